The molecule has 2 N–H and O–H groups in total. The molecule has 5 heteroatoms. The molecule has 1 amide bonds. The number of methoxy groups -OCH3 is 1. The lowest BCUT2D eigenvalue weighted by Crippen LogP contribution is -2.35. The molecule has 1 aromatic heterocycles. The highest BCUT2D eigenvalue weighted by Crippen LogP contribution is 2.11. The lowest BCUT2D eigenvalue weighted by Gasteiger charge is -2.11. The van der Waals surface area contributed by atoms with E-state index in [0.29, 0.717) is 13.2 Å². The van der Waals surface area contributed by atoms with Gasteiger partial charge in [0.05, 0.1) is 18.8 Å². The highest BCUT2D eigenvalue weighted by atomic mass is 16.5. The van der Waals surface area contributed by atoms with Crippen LogP contribution in [-0.4, -0.2) is 32.7 Å². The summed E-state index contributed by atoms with van der Waals surface area (Å²) in [7, 11) is 1.65. The van der Waals surface area contributed by atoms with Crippen LogP contribution in [0.1, 0.15) is 25.1 Å². The van der Waals surface area contributed by atoms with Gasteiger partial charge in [0.2, 0.25) is 5.91 Å². The maximum absolute atomic E-state index is 11.4. The molecule has 1 heterocycles. The Morgan fingerprint density at radius 1 is 1.59 bits per heavy atom. The molecule has 5 nitrogen and oxygen atoms in total. The van der Waals surface area contributed by atoms with Gasteiger partial charge in [0.1, 0.15) is 5.76 Å². The second-order valence-electron chi connectivity index (χ2n) is 3.81. The van der Waals surface area contributed by atoms with E-state index in [4.69, 9.17) is 9.15 Å². The Labute approximate surface area is 102 Å². The van der Waals surface area contributed by atoms with Crippen molar-refractivity contribution in [3.05, 3.63) is 24.2 Å². The van der Waals surface area contributed by atoms with Gasteiger partial charge in [-0.2, -0.15) is 0 Å². The number of amides is 1. The number of carbonyl (C=O) groups excluding carboxylic acids is 1. The van der Waals surface area contributed by atoms with Gasteiger partial charge in [-0.15, -0.1) is 0 Å². The summed E-state index contributed by atoms with van der Waals surface area (Å²) in [5.74, 6) is 0.816. The molecule has 0 saturated carbocycles. The molecule has 0 spiro atoms. The summed E-state index contributed by atoms with van der Waals surface area (Å²) in [6, 6.07) is 3.75. The average Bonchev–Trinajstić information content (AvgIpc) is 2.85. The first-order valence-corrected chi connectivity index (χ1v) is 5.76. The van der Waals surface area contributed by atoms with Crippen molar-refractivity contribution in [3.8, 4) is 0 Å². The molecule has 0 saturated heterocycles. The standard InChI is InChI=1S/C12H20N2O3/c1-10(11-5-3-8-17-11)14-9-12(15)13-6-4-7-16-2/h3,5,8,10,14H,4,6-7,9H2,1-2H3,(H,13,15)/t10-/m1/s1. The summed E-state index contributed by atoms with van der Waals surface area (Å²) in [5.41, 5.74) is 0. The second kappa shape index (κ2) is 7.86. The normalized spacial score (nSPS) is 12.4. The van der Waals surface area contributed by atoms with Crippen LogP contribution in [-0.2, 0) is 9.53 Å². The maximum Gasteiger partial charge on any atom is 0.233 e. The highest BCUT2D eigenvalue weighted by molar-refractivity contribution is 5.77. The molecule has 1 atom stereocenters. The number of rotatable bonds is 8. The van der Waals surface area contributed by atoms with Crippen molar-refractivity contribution in [2.75, 3.05) is 26.8 Å². The second-order valence-corrected chi connectivity index (χ2v) is 3.81. The van der Waals surface area contributed by atoms with E-state index in [1.807, 2.05) is 19.1 Å². The zero-order valence-corrected chi connectivity index (χ0v) is 10.4. The van der Waals surface area contributed by atoms with E-state index >= 15 is 0 Å². The number of carbonyl (C=O) groups is 1. The number of nitrogens with one attached hydrogen (secondary N) is 2. The van der Waals surface area contributed by atoms with E-state index in [1.165, 1.54) is 0 Å². The Morgan fingerprint density at radius 2 is 2.41 bits per heavy atom. The first-order chi connectivity index (χ1) is 8.24. The van der Waals surface area contributed by atoms with Crippen LogP contribution in [0, 0.1) is 0 Å². The quantitative estimate of drug-likeness (QED) is 0.667. The van der Waals surface area contributed by atoms with Gasteiger partial charge in [-0.05, 0) is 25.5 Å². The zero-order valence-electron chi connectivity index (χ0n) is 10.4. The minimum atomic E-state index is -0.0143. The zero-order chi connectivity index (χ0) is 12.5. The topological polar surface area (TPSA) is 63.5 Å². The molecule has 0 fully saturated rings. The van der Waals surface area contributed by atoms with Crippen LogP contribution in [0.25, 0.3) is 0 Å². The molecule has 0 aliphatic rings. The monoisotopic (exact) mass is 240 g/mol. The van der Waals surface area contributed by atoms with Crippen LogP contribution in [0.5, 0.6) is 0 Å². The fraction of sp³-hybridized carbons (Fsp3) is 0.583. The molecule has 0 aliphatic heterocycles. The maximum atomic E-state index is 11.4. The van der Waals surface area contributed by atoms with Crippen LogP contribution < -0.4 is 10.6 Å². The van der Waals surface area contributed by atoms with E-state index < -0.39 is 0 Å². The highest BCUT2D eigenvalue weighted by Gasteiger charge is 2.09. The van der Waals surface area contributed by atoms with Crippen molar-refractivity contribution >= 4 is 5.91 Å². The largest absolute Gasteiger partial charge is 0.468 e. The Balaban J connectivity index is 2.11. The lowest BCUT2D eigenvalue weighted by molar-refractivity contribution is -0.120. The third kappa shape index (κ3) is 5.51. The molecule has 0 radical (unpaired) electrons. The van der Waals surface area contributed by atoms with Gasteiger partial charge in [0.15, 0.2) is 0 Å². The lowest BCUT2D eigenvalue weighted by atomic mass is 10.2. The van der Waals surface area contributed by atoms with Crippen molar-refractivity contribution in [1.82, 2.24) is 10.6 Å². The van der Waals surface area contributed by atoms with Crippen LogP contribution in [0.4, 0.5) is 0 Å². The van der Waals surface area contributed by atoms with E-state index in [0.717, 1.165) is 12.2 Å². The number of furan rings is 1. The van der Waals surface area contributed by atoms with E-state index in [9.17, 15) is 4.79 Å². The van der Waals surface area contributed by atoms with Gasteiger partial charge >= 0.3 is 0 Å². The molecule has 1 aromatic rings. The number of hydrogen-bond acceptors (Lipinski definition) is 4. The Hall–Kier alpha value is -1.33. The van der Waals surface area contributed by atoms with Crippen molar-refractivity contribution in [2.24, 2.45) is 0 Å². The smallest absolute Gasteiger partial charge is 0.233 e. The van der Waals surface area contributed by atoms with Crippen molar-refractivity contribution in [3.63, 3.8) is 0 Å². The average molecular weight is 240 g/mol. The molecule has 0 unspecified atom stereocenters. The Kier molecular flexibility index (Phi) is 6.35. The first-order valence-electron chi connectivity index (χ1n) is 5.76. The first kappa shape index (κ1) is 13.7. The molecular formula is C12H20N2O3. The van der Waals surface area contributed by atoms with Crippen LogP contribution >= 0.6 is 0 Å². The van der Waals surface area contributed by atoms with Crippen molar-refractivity contribution in [1.29, 1.82) is 0 Å². The predicted molar refractivity (Wildman–Crippen MR) is 64.6 cm³/mol. The minimum Gasteiger partial charge on any atom is -0.468 e. The van der Waals surface area contributed by atoms with Crippen molar-refractivity contribution in [2.45, 2.75) is 19.4 Å². The van der Waals surface area contributed by atoms with Gasteiger partial charge < -0.3 is 14.5 Å². The molecule has 17 heavy (non-hydrogen) atoms. The molecular weight excluding hydrogens is 220 g/mol. The fourth-order valence-electron chi connectivity index (χ4n) is 1.39. The molecule has 96 valence electrons. The third-order valence-electron chi connectivity index (χ3n) is 2.39. The summed E-state index contributed by atoms with van der Waals surface area (Å²) in [5, 5.41) is 5.89. The molecule has 0 aromatic carbocycles. The third-order valence-corrected chi connectivity index (χ3v) is 2.39. The molecule has 0 bridgehead atoms. The van der Waals surface area contributed by atoms with Gasteiger partial charge in [-0.3, -0.25) is 10.1 Å². The number of hydrogen-bond donors (Lipinski definition) is 2. The Morgan fingerprint density at radius 3 is 3.06 bits per heavy atom. The van der Waals surface area contributed by atoms with Crippen LogP contribution in [0.15, 0.2) is 22.8 Å². The van der Waals surface area contributed by atoms with Gasteiger partial charge in [0, 0.05) is 20.3 Å². The SMILES string of the molecule is COCCCNC(=O)CN[C@H](C)c1ccco1. The van der Waals surface area contributed by atoms with Gasteiger partial charge in [-0.1, -0.05) is 0 Å². The summed E-state index contributed by atoms with van der Waals surface area (Å²) in [4.78, 5) is 11.4. The summed E-state index contributed by atoms with van der Waals surface area (Å²) < 4.78 is 10.1. The van der Waals surface area contributed by atoms with Crippen LogP contribution in [0.3, 0.4) is 0 Å². The fourth-order valence-corrected chi connectivity index (χ4v) is 1.39. The molecule has 1 rings (SSSR count). The number of ether oxygens (including phenoxy) is 1. The summed E-state index contributed by atoms with van der Waals surface area (Å²) in [6.07, 6.45) is 2.45. The predicted octanol–water partition coefficient (Wildman–Crippen LogP) is 1.08. The molecule has 0 aliphatic carbocycles. The van der Waals surface area contributed by atoms with Crippen molar-refractivity contribution < 1.29 is 13.9 Å². The van der Waals surface area contributed by atoms with Crippen LogP contribution in [0.2, 0.25) is 0 Å². The summed E-state index contributed by atoms with van der Waals surface area (Å²) in [6.45, 7) is 3.55. The van der Waals surface area contributed by atoms with E-state index in [-0.39, 0.29) is 18.5 Å². The van der Waals surface area contributed by atoms with Gasteiger partial charge in [-0.25, -0.2) is 0 Å². The van der Waals surface area contributed by atoms with E-state index in [2.05, 4.69) is 10.6 Å². The minimum absolute atomic E-state index is 0.0143. The summed E-state index contributed by atoms with van der Waals surface area (Å²) >= 11 is 0. The van der Waals surface area contributed by atoms with E-state index in [1.54, 1.807) is 13.4 Å². The Bertz CT molecular complexity index is 312. The van der Waals surface area contributed by atoms with Gasteiger partial charge in [0.25, 0.3) is 0 Å².